The molecule has 0 atom stereocenters. The molecule has 0 radical (unpaired) electrons. The molecule has 0 aliphatic carbocycles. The third kappa shape index (κ3) is 5.41. The van der Waals surface area contributed by atoms with Crippen molar-refractivity contribution in [2.45, 2.75) is 6.54 Å². The Morgan fingerprint density at radius 1 is 1.33 bits per heavy atom. The van der Waals surface area contributed by atoms with E-state index in [2.05, 4.69) is 23.5 Å². The molecule has 0 fully saturated rings. The molecule has 96 valence electrons. The first kappa shape index (κ1) is 14.1. The number of amides is 1. The number of nitrogens with zero attached hydrogens (tertiary/aromatic N) is 2. The number of rotatable bonds is 8. The molecule has 0 unspecified atom stereocenters. The summed E-state index contributed by atoms with van der Waals surface area (Å²) in [5.41, 5.74) is 0.852. The van der Waals surface area contributed by atoms with E-state index in [1.165, 1.54) is 0 Å². The van der Waals surface area contributed by atoms with Crippen molar-refractivity contribution in [1.29, 1.82) is 0 Å². The zero-order valence-electron chi connectivity index (χ0n) is 10.5. The van der Waals surface area contributed by atoms with E-state index >= 15 is 0 Å². The van der Waals surface area contributed by atoms with Gasteiger partial charge >= 0.3 is 0 Å². The van der Waals surface area contributed by atoms with Gasteiger partial charge < -0.3 is 5.32 Å². The van der Waals surface area contributed by atoms with E-state index in [9.17, 15) is 4.79 Å². The SMILES string of the molecule is C=CCN(CC=C)CC(=O)NCc1ccccn1. The van der Waals surface area contributed by atoms with Gasteiger partial charge in [0.2, 0.25) is 5.91 Å². The van der Waals surface area contributed by atoms with Crippen LogP contribution in [0.3, 0.4) is 0 Å². The first-order chi connectivity index (χ1) is 8.76. The summed E-state index contributed by atoms with van der Waals surface area (Å²) in [6.07, 6.45) is 5.26. The minimum atomic E-state index is -0.0237. The maximum absolute atomic E-state index is 11.7. The summed E-state index contributed by atoms with van der Waals surface area (Å²) < 4.78 is 0. The van der Waals surface area contributed by atoms with Crippen molar-refractivity contribution >= 4 is 5.91 Å². The molecule has 0 aliphatic heterocycles. The number of hydrogen-bond acceptors (Lipinski definition) is 3. The zero-order chi connectivity index (χ0) is 13.2. The Morgan fingerprint density at radius 3 is 2.61 bits per heavy atom. The Kier molecular flexibility index (Phi) is 6.43. The van der Waals surface area contributed by atoms with E-state index in [-0.39, 0.29) is 5.91 Å². The fourth-order valence-electron chi connectivity index (χ4n) is 1.52. The molecular weight excluding hydrogens is 226 g/mol. The van der Waals surface area contributed by atoms with Crippen LogP contribution in [0.25, 0.3) is 0 Å². The van der Waals surface area contributed by atoms with Gasteiger partial charge in [-0.05, 0) is 12.1 Å². The third-order valence-electron chi connectivity index (χ3n) is 2.33. The monoisotopic (exact) mass is 245 g/mol. The normalized spacial score (nSPS) is 10.1. The van der Waals surface area contributed by atoms with Crippen LogP contribution in [0.5, 0.6) is 0 Å². The summed E-state index contributed by atoms with van der Waals surface area (Å²) in [7, 11) is 0. The minimum Gasteiger partial charge on any atom is -0.349 e. The van der Waals surface area contributed by atoms with Crippen LogP contribution < -0.4 is 5.32 Å². The van der Waals surface area contributed by atoms with Gasteiger partial charge in [-0.1, -0.05) is 18.2 Å². The quantitative estimate of drug-likeness (QED) is 0.704. The summed E-state index contributed by atoms with van der Waals surface area (Å²) in [4.78, 5) is 17.8. The van der Waals surface area contributed by atoms with Gasteiger partial charge in [-0.15, -0.1) is 13.2 Å². The Bertz CT molecular complexity index is 379. The van der Waals surface area contributed by atoms with Crippen molar-refractivity contribution in [3.8, 4) is 0 Å². The van der Waals surface area contributed by atoms with Crippen LogP contribution in [0.15, 0.2) is 49.7 Å². The molecule has 1 aromatic rings. The van der Waals surface area contributed by atoms with Crippen LogP contribution in [0, 0.1) is 0 Å². The largest absolute Gasteiger partial charge is 0.349 e. The van der Waals surface area contributed by atoms with E-state index in [0.717, 1.165) is 5.69 Å². The van der Waals surface area contributed by atoms with E-state index < -0.39 is 0 Å². The minimum absolute atomic E-state index is 0.0237. The van der Waals surface area contributed by atoms with Gasteiger partial charge in [0, 0.05) is 19.3 Å². The van der Waals surface area contributed by atoms with Crippen LogP contribution in [0.2, 0.25) is 0 Å². The lowest BCUT2D eigenvalue weighted by atomic mass is 10.3. The number of pyridine rings is 1. The highest BCUT2D eigenvalue weighted by Crippen LogP contribution is 1.93. The van der Waals surface area contributed by atoms with Gasteiger partial charge in [0.15, 0.2) is 0 Å². The molecule has 1 amide bonds. The van der Waals surface area contributed by atoms with Gasteiger partial charge in [-0.25, -0.2) is 0 Å². The van der Waals surface area contributed by atoms with Gasteiger partial charge in [0.05, 0.1) is 18.8 Å². The number of nitrogens with one attached hydrogen (secondary N) is 1. The highest BCUT2D eigenvalue weighted by atomic mass is 16.2. The molecule has 0 bridgehead atoms. The summed E-state index contributed by atoms with van der Waals surface area (Å²) >= 11 is 0. The summed E-state index contributed by atoms with van der Waals surface area (Å²) in [5, 5.41) is 2.83. The van der Waals surface area contributed by atoms with Crippen LogP contribution in [0.1, 0.15) is 5.69 Å². The first-order valence-corrected chi connectivity index (χ1v) is 5.87. The second-order valence-corrected chi connectivity index (χ2v) is 3.87. The smallest absolute Gasteiger partial charge is 0.234 e. The molecule has 1 heterocycles. The predicted octanol–water partition coefficient (Wildman–Crippen LogP) is 1.37. The lowest BCUT2D eigenvalue weighted by molar-refractivity contribution is -0.122. The van der Waals surface area contributed by atoms with Crippen molar-refractivity contribution in [3.05, 3.63) is 55.4 Å². The Balaban J connectivity index is 2.35. The molecule has 0 saturated carbocycles. The summed E-state index contributed by atoms with van der Waals surface area (Å²) in [6, 6.07) is 5.63. The molecule has 1 rings (SSSR count). The fraction of sp³-hybridized carbons (Fsp3) is 0.286. The second-order valence-electron chi connectivity index (χ2n) is 3.87. The second kappa shape index (κ2) is 8.20. The number of carbonyl (C=O) groups is 1. The number of hydrogen-bond donors (Lipinski definition) is 1. The maximum Gasteiger partial charge on any atom is 0.234 e. The predicted molar refractivity (Wildman–Crippen MR) is 72.9 cm³/mol. The van der Waals surface area contributed by atoms with Gasteiger partial charge in [-0.2, -0.15) is 0 Å². The Morgan fingerprint density at radius 2 is 2.06 bits per heavy atom. The average molecular weight is 245 g/mol. The molecule has 0 spiro atoms. The highest BCUT2D eigenvalue weighted by Gasteiger charge is 2.07. The topological polar surface area (TPSA) is 45.2 Å². The lowest BCUT2D eigenvalue weighted by Gasteiger charge is -2.17. The fourth-order valence-corrected chi connectivity index (χ4v) is 1.52. The number of carbonyl (C=O) groups excluding carboxylic acids is 1. The average Bonchev–Trinajstić information content (AvgIpc) is 2.38. The third-order valence-corrected chi connectivity index (χ3v) is 2.33. The highest BCUT2D eigenvalue weighted by molar-refractivity contribution is 5.78. The van der Waals surface area contributed by atoms with E-state index in [0.29, 0.717) is 26.2 Å². The van der Waals surface area contributed by atoms with E-state index in [1.807, 2.05) is 23.1 Å². The van der Waals surface area contributed by atoms with Gasteiger partial charge in [0.25, 0.3) is 0 Å². The molecule has 0 saturated heterocycles. The molecule has 0 aliphatic rings. The number of aromatic nitrogens is 1. The molecule has 18 heavy (non-hydrogen) atoms. The van der Waals surface area contributed by atoms with Crippen LogP contribution in [-0.4, -0.2) is 35.4 Å². The van der Waals surface area contributed by atoms with Crippen molar-refractivity contribution in [3.63, 3.8) is 0 Å². The Labute approximate surface area is 108 Å². The molecule has 1 N–H and O–H groups in total. The lowest BCUT2D eigenvalue weighted by Crippen LogP contribution is -2.37. The van der Waals surface area contributed by atoms with Gasteiger partial charge in [-0.3, -0.25) is 14.7 Å². The molecule has 4 heteroatoms. The molecular formula is C14H19N3O. The van der Waals surface area contributed by atoms with Crippen molar-refractivity contribution in [2.24, 2.45) is 0 Å². The maximum atomic E-state index is 11.7. The van der Waals surface area contributed by atoms with E-state index in [4.69, 9.17) is 0 Å². The molecule has 4 nitrogen and oxygen atoms in total. The van der Waals surface area contributed by atoms with Crippen LogP contribution in [-0.2, 0) is 11.3 Å². The zero-order valence-corrected chi connectivity index (χ0v) is 10.5. The summed E-state index contributed by atoms with van der Waals surface area (Å²) in [5.74, 6) is -0.0237. The van der Waals surface area contributed by atoms with Crippen LogP contribution >= 0.6 is 0 Å². The van der Waals surface area contributed by atoms with Crippen molar-refractivity contribution < 1.29 is 4.79 Å². The van der Waals surface area contributed by atoms with Gasteiger partial charge in [0.1, 0.15) is 0 Å². The van der Waals surface area contributed by atoms with Crippen molar-refractivity contribution in [1.82, 2.24) is 15.2 Å². The van der Waals surface area contributed by atoms with Crippen LogP contribution in [0.4, 0.5) is 0 Å². The first-order valence-electron chi connectivity index (χ1n) is 5.87. The summed E-state index contributed by atoms with van der Waals surface area (Å²) in [6.45, 7) is 9.46. The van der Waals surface area contributed by atoms with E-state index in [1.54, 1.807) is 18.3 Å². The van der Waals surface area contributed by atoms with Crippen molar-refractivity contribution in [2.75, 3.05) is 19.6 Å². The Hall–Kier alpha value is -1.94. The molecule has 0 aromatic carbocycles. The standard InChI is InChI=1S/C14H19N3O/c1-3-9-17(10-4-2)12-14(18)16-11-13-7-5-6-8-15-13/h3-8H,1-2,9-12H2,(H,16,18). The molecule has 1 aromatic heterocycles.